The molecule has 0 saturated carbocycles. The average Bonchev–Trinajstić information content (AvgIpc) is 3.24. The number of aliphatic hydroxyl groups excluding tert-OH is 1. The Morgan fingerprint density at radius 1 is 0.973 bits per heavy atom. The predicted molar refractivity (Wildman–Crippen MR) is 137 cm³/mol. The number of esters is 3. The number of aliphatic hydroxyl groups is 1. The van der Waals surface area contributed by atoms with E-state index >= 15 is 0 Å². The molecule has 0 spiro atoms. The summed E-state index contributed by atoms with van der Waals surface area (Å²) in [4.78, 5) is 36.4. The molecule has 1 saturated heterocycles. The van der Waals surface area contributed by atoms with Gasteiger partial charge in [-0.3, -0.25) is 14.4 Å². The van der Waals surface area contributed by atoms with E-state index in [9.17, 15) is 19.5 Å². The molecule has 10 heteroatoms. The van der Waals surface area contributed by atoms with Crippen molar-refractivity contribution in [1.29, 1.82) is 0 Å². The first-order valence-corrected chi connectivity index (χ1v) is 12.9. The maximum Gasteiger partial charge on any atom is 0.303 e. The van der Waals surface area contributed by atoms with Gasteiger partial charge in [-0.25, -0.2) is 0 Å². The number of carbonyl (C=O) groups excluding carboxylic acids is 3. The zero-order chi connectivity index (χ0) is 26.7. The molecule has 1 unspecified atom stereocenters. The molecule has 0 aliphatic carbocycles. The molecular formula is C27H27ClO8S. The first-order valence-electron chi connectivity index (χ1n) is 11.7. The summed E-state index contributed by atoms with van der Waals surface area (Å²) in [6, 6.07) is 15.5. The summed E-state index contributed by atoms with van der Waals surface area (Å²) in [5, 5.41) is 12.6. The molecule has 1 aliphatic rings. The molecule has 1 fully saturated rings. The average molecular weight is 547 g/mol. The fraction of sp³-hybridized carbons (Fsp3) is 0.370. The largest absolute Gasteiger partial charge is 0.463 e. The molecule has 2 aromatic carbocycles. The molecule has 4 rings (SSSR count). The Morgan fingerprint density at radius 3 is 2.35 bits per heavy atom. The van der Waals surface area contributed by atoms with Crippen LogP contribution in [0.3, 0.4) is 0 Å². The van der Waals surface area contributed by atoms with Crippen molar-refractivity contribution in [1.82, 2.24) is 0 Å². The Labute approximate surface area is 223 Å². The van der Waals surface area contributed by atoms with E-state index in [1.165, 1.54) is 25.5 Å². The van der Waals surface area contributed by atoms with Crippen LogP contribution in [0.25, 0.3) is 10.1 Å². The van der Waals surface area contributed by atoms with Crippen molar-refractivity contribution in [2.45, 2.75) is 57.7 Å². The van der Waals surface area contributed by atoms with Crippen molar-refractivity contribution in [3.63, 3.8) is 0 Å². The highest BCUT2D eigenvalue weighted by atomic mass is 35.5. The number of hydrogen-bond donors (Lipinski definition) is 1. The Morgan fingerprint density at radius 2 is 1.68 bits per heavy atom. The first kappa shape index (κ1) is 27.1. The second-order valence-electron chi connectivity index (χ2n) is 8.81. The Hall–Kier alpha value is -2.98. The minimum absolute atomic E-state index is 0.278. The van der Waals surface area contributed by atoms with Crippen LogP contribution in [0.2, 0.25) is 5.02 Å². The van der Waals surface area contributed by atoms with E-state index in [-0.39, 0.29) is 6.61 Å². The smallest absolute Gasteiger partial charge is 0.303 e. The summed E-state index contributed by atoms with van der Waals surface area (Å²) in [6.07, 6.45) is -5.22. The maximum absolute atomic E-state index is 12.0. The lowest BCUT2D eigenvalue weighted by atomic mass is 9.89. The quantitative estimate of drug-likeness (QED) is 0.344. The summed E-state index contributed by atoms with van der Waals surface area (Å²) in [5.41, 5.74) is 1.42. The third kappa shape index (κ3) is 6.48. The van der Waals surface area contributed by atoms with E-state index in [1.54, 1.807) is 23.5 Å². The molecule has 3 aromatic rings. The van der Waals surface area contributed by atoms with E-state index in [0.29, 0.717) is 17.0 Å². The molecule has 0 radical (unpaired) electrons. The SMILES string of the molecule is CC(=O)OC[C@H]1OC(c2ccc(Cl)c(Cc3cc4ccccc4s3)c2)[C@H](OC(C)=O)[C@@H](OC(C)=O)[C@@H]1O. The van der Waals surface area contributed by atoms with Crippen molar-refractivity contribution in [3.8, 4) is 0 Å². The second-order valence-corrected chi connectivity index (χ2v) is 10.4. The van der Waals surface area contributed by atoms with Crippen LogP contribution in [0.4, 0.5) is 0 Å². The van der Waals surface area contributed by atoms with Gasteiger partial charge >= 0.3 is 17.9 Å². The number of thiophene rings is 1. The van der Waals surface area contributed by atoms with E-state index < -0.39 is 48.4 Å². The molecule has 0 bridgehead atoms. The van der Waals surface area contributed by atoms with Crippen LogP contribution >= 0.6 is 22.9 Å². The summed E-state index contributed by atoms with van der Waals surface area (Å²) >= 11 is 8.22. The topological polar surface area (TPSA) is 108 Å². The lowest BCUT2D eigenvalue weighted by molar-refractivity contribution is -0.249. The van der Waals surface area contributed by atoms with Gasteiger partial charge in [-0.2, -0.15) is 0 Å². The number of fused-ring (bicyclic) bond motifs is 1. The van der Waals surface area contributed by atoms with Crippen molar-refractivity contribution >= 4 is 50.9 Å². The highest BCUT2D eigenvalue weighted by molar-refractivity contribution is 7.19. The highest BCUT2D eigenvalue weighted by Gasteiger charge is 2.50. The zero-order valence-electron chi connectivity index (χ0n) is 20.5. The first-order chi connectivity index (χ1) is 17.6. The number of carbonyl (C=O) groups is 3. The van der Waals surface area contributed by atoms with Gasteiger partial charge in [0.15, 0.2) is 12.2 Å². The Bertz CT molecular complexity index is 1270. The Balaban J connectivity index is 1.70. The van der Waals surface area contributed by atoms with Gasteiger partial charge in [-0.1, -0.05) is 41.9 Å². The van der Waals surface area contributed by atoms with Crippen molar-refractivity contribution in [3.05, 3.63) is 69.6 Å². The summed E-state index contributed by atoms with van der Waals surface area (Å²) < 4.78 is 23.2. The predicted octanol–water partition coefficient (Wildman–Crippen LogP) is 4.37. The minimum Gasteiger partial charge on any atom is -0.463 e. The van der Waals surface area contributed by atoms with Crippen LogP contribution in [0.5, 0.6) is 0 Å². The summed E-state index contributed by atoms with van der Waals surface area (Å²) in [7, 11) is 0. The van der Waals surface area contributed by atoms with Crippen LogP contribution in [0.1, 0.15) is 42.9 Å². The normalized spacial score (nSPS) is 23.4. The van der Waals surface area contributed by atoms with Gasteiger partial charge in [-0.05, 0) is 34.7 Å². The van der Waals surface area contributed by atoms with E-state index in [0.717, 1.165) is 15.8 Å². The standard InChI is InChI=1S/C27H27ClO8S/c1-14(29)33-13-22-24(32)26(34-15(2)30)27(35-16(3)31)25(36-22)18-8-9-21(28)19(10-18)12-20-11-17-6-4-5-7-23(17)37-20/h4-11,22,24-27,32H,12-13H2,1-3H3/t22-,24-,25?,26+,27+/m1/s1. The highest BCUT2D eigenvalue weighted by Crippen LogP contribution is 2.38. The van der Waals surface area contributed by atoms with E-state index in [2.05, 4.69) is 18.2 Å². The molecule has 2 heterocycles. The van der Waals surface area contributed by atoms with Crippen molar-refractivity contribution in [2.24, 2.45) is 0 Å². The molecule has 37 heavy (non-hydrogen) atoms. The van der Waals surface area contributed by atoms with Crippen LogP contribution in [0, 0.1) is 0 Å². The summed E-state index contributed by atoms with van der Waals surface area (Å²) in [5.74, 6) is -1.87. The fourth-order valence-electron chi connectivity index (χ4n) is 4.40. The third-order valence-electron chi connectivity index (χ3n) is 5.96. The van der Waals surface area contributed by atoms with Crippen LogP contribution < -0.4 is 0 Å². The number of halogens is 1. The van der Waals surface area contributed by atoms with E-state index in [1.807, 2.05) is 18.2 Å². The third-order valence-corrected chi connectivity index (χ3v) is 7.44. The number of benzene rings is 2. The van der Waals surface area contributed by atoms with Crippen LogP contribution in [-0.2, 0) is 39.8 Å². The van der Waals surface area contributed by atoms with Gasteiger partial charge in [-0.15, -0.1) is 11.3 Å². The minimum atomic E-state index is -1.41. The van der Waals surface area contributed by atoms with Gasteiger partial charge in [0.25, 0.3) is 0 Å². The van der Waals surface area contributed by atoms with E-state index in [4.69, 9.17) is 30.5 Å². The zero-order valence-corrected chi connectivity index (χ0v) is 22.1. The number of rotatable bonds is 7. The van der Waals surface area contributed by atoms with Crippen molar-refractivity contribution in [2.75, 3.05) is 6.61 Å². The molecule has 196 valence electrons. The number of ether oxygens (including phenoxy) is 4. The fourth-order valence-corrected chi connectivity index (χ4v) is 5.67. The molecule has 1 aromatic heterocycles. The summed E-state index contributed by atoms with van der Waals surface area (Å²) in [6.45, 7) is 3.36. The van der Waals surface area contributed by atoms with Crippen LogP contribution in [0.15, 0.2) is 48.5 Å². The second kappa shape index (κ2) is 11.6. The van der Waals surface area contributed by atoms with Crippen molar-refractivity contribution < 1.29 is 38.4 Å². The molecule has 1 N–H and O–H groups in total. The number of hydrogen-bond acceptors (Lipinski definition) is 9. The molecule has 0 amide bonds. The lowest BCUT2D eigenvalue weighted by Gasteiger charge is -2.43. The molecule has 8 nitrogen and oxygen atoms in total. The molecule has 5 atom stereocenters. The maximum atomic E-state index is 12.0. The molecule has 1 aliphatic heterocycles. The van der Waals surface area contributed by atoms with Gasteiger partial charge in [0.2, 0.25) is 0 Å². The van der Waals surface area contributed by atoms with Gasteiger partial charge in [0.1, 0.15) is 24.9 Å². The lowest BCUT2D eigenvalue weighted by Crippen LogP contribution is -2.58. The monoisotopic (exact) mass is 546 g/mol. The van der Waals surface area contributed by atoms with Gasteiger partial charge in [0, 0.05) is 41.8 Å². The Kier molecular flexibility index (Phi) is 8.49. The van der Waals surface area contributed by atoms with Gasteiger partial charge in [0.05, 0.1) is 0 Å². The van der Waals surface area contributed by atoms with Gasteiger partial charge < -0.3 is 24.1 Å². The van der Waals surface area contributed by atoms with Crippen LogP contribution in [-0.4, -0.2) is 54.0 Å². The molecular weight excluding hydrogens is 520 g/mol.